The lowest BCUT2D eigenvalue weighted by molar-refractivity contribution is -0.139. The average molecular weight is 358 g/mol. The number of amidine groups is 1. The van der Waals surface area contributed by atoms with Crippen molar-refractivity contribution in [1.82, 2.24) is 15.1 Å². The van der Waals surface area contributed by atoms with Crippen molar-refractivity contribution in [2.45, 2.75) is 45.7 Å². The van der Waals surface area contributed by atoms with Gasteiger partial charge in [0.25, 0.3) is 0 Å². The maximum Gasteiger partial charge on any atom is 0.307 e. The van der Waals surface area contributed by atoms with E-state index in [4.69, 9.17) is 4.99 Å². The third-order valence-corrected chi connectivity index (χ3v) is 7.34. The van der Waals surface area contributed by atoms with Crippen LogP contribution in [0.1, 0.15) is 39.5 Å². The van der Waals surface area contributed by atoms with Gasteiger partial charge in [0.05, 0.1) is 18.3 Å². The van der Waals surface area contributed by atoms with Crippen molar-refractivity contribution < 1.29 is 9.90 Å². The number of carboxylic acid groups (broad SMARTS) is 1. The van der Waals surface area contributed by atoms with Crippen molar-refractivity contribution in [2.75, 3.05) is 19.8 Å². The van der Waals surface area contributed by atoms with Gasteiger partial charge in [-0.15, -0.1) is 0 Å². The Bertz CT molecular complexity index is 675. The van der Waals surface area contributed by atoms with Crippen molar-refractivity contribution in [1.29, 1.82) is 0 Å². The molecule has 2 heterocycles. The molecule has 3 saturated carbocycles. The molecule has 2 aliphatic heterocycles. The predicted molar refractivity (Wildman–Crippen MR) is 99.1 cm³/mol. The van der Waals surface area contributed by atoms with Gasteiger partial charge in [-0.25, -0.2) is 4.99 Å². The van der Waals surface area contributed by atoms with Crippen LogP contribution < -0.4 is 5.32 Å². The first-order chi connectivity index (χ1) is 12.6. The highest BCUT2D eigenvalue weighted by molar-refractivity contribution is 6.00. The van der Waals surface area contributed by atoms with E-state index in [-0.39, 0.29) is 12.1 Å². The largest absolute Gasteiger partial charge is 0.481 e. The molecule has 142 valence electrons. The first kappa shape index (κ1) is 16.5. The molecule has 0 saturated heterocycles. The summed E-state index contributed by atoms with van der Waals surface area (Å²) >= 11 is 0. The summed E-state index contributed by atoms with van der Waals surface area (Å²) in [5.41, 5.74) is 1.17. The molecule has 0 amide bonds. The first-order valence-corrected chi connectivity index (χ1v) is 10.4. The number of nitrogens with one attached hydrogen (secondary N) is 1. The molecular formula is C20H30N4O2. The molecule has 0 aromatic rings. The second-order valence-electron chi connectivity index (χ2n) is 8.88. The first-order valence-electron chi connectivity index (χ1n) is 10.4. The summed E-state index contributed by atoms with van der Waals surface area (Å²) in [6, 6.07) is 0. The minimum absolute atomic E-state index is 0.0593. The summed E-state index contributed by atoms with van der Waals surface area (Å²) in [6.45, 7) is 7.48. The van der Waals surface area contributed by atoms with Crippen LogP contribution in [0.5, 0.6) is 0 Å². The molecule has 6 heteroatoms. The van der Waals surface area contributed by atoms with E-state index in [1.807, 2.05) is 0 Å². The number of fused-ring (bicyclic) bond motifs is 6. The SMILES string of the molecule is CCCN1C=C2NC(C3CC4CC3C3C(C(=O)O)C43)N=C2N(CCC)C1. The molecule has 7 unspecified atom stereocenters. The number of hydrogen-bond acceptors (Lipinski definition) is 5. The molecule has 0 aromatic carbocycles. The van der Waals surface area contributed by atoms with Gasteiger partial charge in [-0.05, 0) is 49.4 Å². The van der Waals surface area contributed by atoms with Crippen molar-refractivity contribution in [2.24, 2.45) is 40.5 Å². The van der Waals surface area contributed by atoms with Gasteiger partial charge in [-0.2, -0.15) is 0 Å². The van der Waals surface area contributed by atoms with Crippen LogP contribution in [0.25, 0.3) is 0 Å². The minimum Gasteiger partial charge on any atom is -0.481 e. The van der Waals surface area contributed by atoms with E-state index in [0.29, 0.717) is 29.6 Å². The zero-order chi connectivity index (χ0) is 18.0. The standard InChI is InChI=1S/C20H30N4O2/c1-3-5-23-9-14-19(24(10-23)6-4-2)22-18(21-14)13-8-11-7-12(13)16-15(11)17(16)20(25)26/h9,11-13,15-18,21H,3-8,10H2,1-2H3,(H,25,26). The summed E-state index contributed by atoms with van der Waals surface area (Å²) in [5, 5.41) is 13.2. The highest BCUT2D eigenvalue weighted by Gasteiger charge is 2.71. The van der Waals surface area contributed by atoms with Crippen LogP contribution in [0.15, 0.2) is 16.9 Å². The Hall–Kier alpha value is -1.72. The maximum atomic E-state index is 11.5. The Balaban J connectivity index is 1.35. The van der Waals surface area contributed by atoms with Gasteiger partial charge >= 0.3 is 5.97 Å². The Labute approximate surface area is 155 Å². The van der Waals surface area contributed by atoms with Crippen LogP contribution in [0.3, 0.4) is 0 Å². The number of carboxylic acids is 1. The molecule has 5 rings (SSSR count). The highest BCUT2D eigenvalue weighted by atomic mass is 16.4. The smallest absolute Gasteiger partial charge is 0.307 e. The number of rotatable bonds is 6. The fourth-order valence-corrected chi connectivity index (χ4v) is 6.50. The van der Waals surface area contributed by atoms with E-state index in [1.54, 1.807) is 0 Å². The van der Waals surface area contributed by atoms with Crippen molar-refractivity contribution in [3.05, 3.63) is 11.9 Å². The molecule has 0 spiro atoms. The van der Waals surface area contributed by atoms with Gasteiger partial charge in [0.2, 0.25) is 0 Å². The molecule has 5 aliphatic rings. The highest BCUT2D eigenvalue weighted by Crippen LogP contribution is 2.71. The molecule has 0 radical (unpaired) electrons. The number of nitrogens with zero attached hydrogens (tertiary/aromatic N) is 3. The number of hydrogen-bond donors (Lipinski definition) is 2. The lowest BCUT2D eigenvalue weighted by Crippen LogP contribution is -2.46. The number of carbonyl (C=O) groups is 1. The molecule has 26 heavy (non-hydrogen) atoms. The van der Waals surface area contributed by atoms with Gasteiger partial charge < -0.3 is 20.2 Å². The molecule has 3 aliphatic carbocycles. The normalized spacial score (nSPS) is 42.2. The lowest BCUT2D eigenvalue weighted by Gasteiger charge is -2.35. The molecule has 2 N–H and O–H groups in total. The summed E-state index contributed by atoms with van der Waals surface area (Å²) in [4.78, 5) is 21.4. The molecule has 6 nitrogen and oxygen atoms in total. The van der Waals surface area contributed by atoms with Crippen molar-refractivity contribution in [3.8, 4) is 0 Å². The fraction of sp³-hybridized carbons (Fsp3) is 0.800. The second kappa shape index (κ2) is 5.89. The lowest BCUT2D eigenvalue weighted by atomic mass is 9.86. The Morgan fingerprint density at radius 2 is 2.00 bits per heavy atom. The van der Waals surface area contributed by atoms with Crippen LogP contribution in [-0.4, -0.2) is 52.6 Å². The summed E-state index contributed by atoms with van der Waals surface area (Å²) in [6.07, 6.45) is 7.04. The average Bonchev–Trinajstić information content (AvgIpc) is 2.91. The van der Waals surface area contributed by atoms with Crippen molar-refractivity contribution in [3.63, 3.8) is 0 Å². The van der Waals surface area contributed by atoms with E-state index in [9.17, 15) is 9.90 Å². The van der Waals surface area contributed by atoms with E-state index in [0.717, 1.165) is 44.9 Å². The summed E-state index contributed by atoms with van der Waals surface area (Å²) in [7, 11) is 0. The Kier molecular flexibility index (Phi) is 3.73. The van der Waals surface area contributed by atoms with Gasteiger partial charge in [-0.1, -0.05) is 13.8 Å². The van der Waals surface area contributed by atoms with E-state index < -0.39 is 5.97 Å². The number of aliphatic carboxylic acids is 1. The van der Waals surface area contributed by atoms with Gasteiger partial charge in [0.1, 0.15) is 6.17 Å². The fourth-order valence-electron chi connectivity index (χ4n) is 6.50. The Morgan fingerprint density at radius 1 is 1.23 bits per heavy atom. The van der Waals surface area contributed by atoms with Gasteiger partial charge in [0.15, 0.2) is 5.84 Å². The molecule has 7 atom stereocenters. The van der Waals surface area contributed by atoms with Crippen LogP contribution in [-0.2, 0) is 4.79 Å². The van der Waals surface area contributed by atoms with Gasteiger partial charge in [0, 0.05) is 25.2 Å². The zero-order valence-electron chi connectivity index (χ0n) is 15.8. The van der Waals surface area contributed by atoms with Crippen LogP contribution in [0.4, 0.5) is 0 Å². The van der Waals surface area contributed by atoms with Crippen LogP contribution in [0, 0.1) is 35.5 Å². The van der Waals surface area contributed by atoms with Crippen LogP contribution >= 0.6 is 0 Å². The third kappa shape index (κ3) is 2.30. The van der Waals surface area contributed by atoms with E-state index in [1.165, 1.54) is 12.1 Å². The maximum absolute atomic E-state index is 11.5. The predicted octanol–water partition coefficient (Wildman–Crippen LogP) is 2.15. The minimum atomic E-state index is -0.568. The zero-order valence-corrected chi connectivity index (χ0v) is 15.8. The third-order valence-electron chi connectivity index (χ3n) is 7.34. The molecule has 3 fully saturated rings. The molecule has 0 aromatic heterocycles. The van der Waals surface area contributed by atoms with E-state index in [2.05, 4.69) is 35.2 Å². The summed E-state index contributed by atoms with van der Waals surface area (Å²) < 4.78 is 0. The van der Waals surface area contributed by atoms with E-state index >= 15 is 0 Å². The monoisotopic (exact) mass is 358 g/mol. The molecular weight excluding hydrogens is 328 g/mol. The van der Waals surface area contributed by atoms with Gasteiger partial charge in [-0.3, -0.25) is 4.79 Å². The number of aliphatic imine (C=N–C) groups is 1. The molecule has 2 bridgehead atoms. The summed E-state index contributed by atoms with van der Waals surface area (Å²) in [5.74, 6) is 3.09. The van der Waals surface area contributed by atoms with Crippen LogP contribution in [0.2, 0.25) is 0 Å². The Morgan fingerprint density at radius 3 is 2.73 bits per heavy atom. The van der Waals surface area contributed by atoms with Crippen molar-refractivity contribution >= 4 is 11.8 Å². The quantitative estimate of drug-likeness (QED) is 0.761. The second-order valence-corrected chi connectivity index (χ2v) is 8.88. The topological polar surface area (TPSA) is 68.2 Å².